The van der Waals surface area contributed by atoms with Gasteiger partial charge in [0, 0.05) is 23.9 Å². The number of rotatable bonds is 9. The Morgan fingerprint density at radius 2 is 1.79 bits per heavy atom. The van der Waals surface area contributed by atoms with Gasteiger partial charge in [-0.15, -0.1) is 0 Å². The Balaban J connectivity index is 1.41. The molecule has 2 heterocycles. The molecule has 0 radical (unpaired) electrons. The van der Waals surface area contributed by atoms with Crippen LogP contribution in [0.25, 0.3) is 11.0 Å². The smallest absolute Gasteiger partial charge is 0.414 e. The Kier molecular flexibility index (Phi) is 6.18. The molecule has 0 aliphatic carbocycles. The summed E-state index contributed by atoms with van der Waals surface area (Å²) in [4.78, 5) is 11.1. The van der Waals surface area contributed by atoms with E-state index in [0.717, 1.165) is 0 Å². The molecule has 0 spiro atoms. The van der Waals surface area contributed by atoms with Gasteiger partial charge in [-0.25, -0.2) is 13.2 Å². The molecule has 2 aromatic carbocycles. The van der Waals surface area contributed by atoms with Crippen molar-refractivity contribution in [3.63, 3.8) is 0 Å². The topological polar surface area (TPSA) is 145 Å². The molecule has 11 nitrogen and oxygen atoms in total. The van der Waals surface area contributed by atoms with Crippen molar-refractivity contribution in [1.82, 2.24) is 5.16 Å². The van der Waals surface area contributed by atoms with Crippen molar-refractivity contribution < 1.29 is 36.6 Å². The number of fused-ring (bicyclic) bond motifs is 1. The molecule has 0 aliphatic heterocycles. The number of methoxy groups -OCH3 is 1. The van der Waals surface area contributed by atoms with E-state index >= 15 is 0 Å². The van der Waals surface area contributed by atoms with Crippen molar-refractivity contribution in [1.29, 1.82) is 0 Å². The summed E-state index contributed by atoms with van der Waals surface area (Å²) in [5, 5.41) is 15.2. The highest BCUT2D eigenvalue weighted by Gasteiger charge is 2.35. The molecule has 4 aromatic rings. The normalized spacial score (nSPS) is 11.4. The minimum absolute atomic E-state index is 0.0190. The van der Waals surface area contributed by atoms with Crippen LogP contribution >= 0.6 is 0 Å². The maximum atomic E-state index is 12.7. The number of ether oxygens (including phenoxy) is 3. The van der Waals surface area contributed by atoms with Crippen molar-refractivity contribution in [3.8, 4) is 17.4 Å². The molecule has 0 saturated heterocycles. The predicted molar refractivity (Wildman–Crippen MR) is 112 cm³/mol. The van der Waals surface area contributed by atoms with Crippen LogP contribution < -0.4 is 24.7 Å². The van der Waals surface area contributed by atoms with Crippen LogP contribution in [0.4, 0.5) is 0 Å². The minimum Gasteiger partial charge on any atom is -0.493 e. The van der Waals surface area contributed by atoms with Crippen LogP contribution in [0.2, 0.25) is 0 Å². The van der Waals surface area contributed by atoms with E-state index in [1.807, 2.05) is 0 Å². The van der Waals surface area contributed by atoms with Gasteiger partial charge in [0.2, 0.25) is 0 Å². The molecule has 12 heteroatoms. The summed E-state index contributed by atoms with van der Waals surface area (Å²) in [6, 6.07) is 13.5. The van der Waals surface area contributed by atoms with Crippen LogP contribution in [-0.4, -0.2) is 33.9 Å². The monoisotopic (exact) mass is 474 g/mol. The number of hydrogen-bond acceptors (Lipinski definition) is 10. The molecule has 172 valence electrons. The van der Waals surface area contributed by atoms with Crippen LogP contribution in [0.15, 0.2) is 78.4 Å². The Morgan fingerprint density at radius 1 is 1.03 bits per heavy atom. The van der Waals surface area contributed by atoms with E-state index < -0.39 is 26.4 Å². The molecule has 0 fully saturated rings. The van der Waals surface area contributed by atoms with Gasteiger partial charge in [0.05, 0.1) is 30.4 Å². The SMILES string of the molecule is COc1cc2ccc(=O)oc2cc1OCCCOc1no[n+]([O-])c1S(=O)(=O)c1ccccc1. The number of hydrogen-bond donors (Lipinski definition) is 0. The molecule has 4 rings (SSSR count). The van der Waals surface area contributed by atoms with E-state index in [9.17, 15) is 18.4 Å². The number of benzene rings is 2. The quantitative estimate of drug-likeness (QED) is 0.201. The molecule has 0 aliphatic rings. The van der Waals surface area contributed by atoms with Gasteiger partial charge in [0.25, 0.3) is 9.84 Å². The van der Waals surface area contributed by atoms with Crippen molar-refractivity contribution in [2.24, 2.45) is 0 Å². The van der Waals surface area contributed by atoms with Crippen molar-refractivity contribution in [3.05, 3.63) is 70.2 Å². The zero-order chi connectivity index (χ0) is 23.4. The molecule has 33 heavy (non-hydrogen) atoms. The van der Waals surface area contributed by atoms with Gasteiger partial charge in [0.1, 0.15) is 5.58 Å². The van der Waals surface area contributed by atoms with Crippen LogP contribution in [0, 0.1) is 5.21 Å². The summed E-state index contributed by atoms with van der Waals surface area (Å²) < 4.78 is 51.4. The van der Waals surface area contributed by atoms with E-state index in [4.69, 9.17) is 18.6 Å². The highest BCUT2D eigenvalue weighted by Crippen LogP contribution is 2.32. The number of sulfone groups is 1. The second-order valence-electron chi connectivity index (χ2n) is 6.70. The van der Waals surface area contributed by atoms with Gasteiger partial charge in [-0.3, -0.25) is 4.63 Å². The Labute approximate surface area is 187 Å². The third-order valence-electron chi connectivity index (χ3n) is 4.55. The van der Waals surface area contributed by atoms with E-state index in [1.165, 1.54) is 37.4 Å². The Morgan fingerprint density at radius 3 is 2.55 bits per heavy atom. The molecule has 0 N–H and O–H groups in total. The summed E-state index contributed by atoms with van der Waals surface area (Å²) >= 11 is 0. The second-order valence-corrected chi connectivity index (χ2v) is 8.57. The van der Waals surface area contributed by atoms with Crippen LogP contribution in [0.3, 0.4) is 0 Å². The maximum absolute atomic E-state index is 12.7. The summed E-state index contributed by atoms with van der Waals surface area (Å²) in [6.45, 7) is 0.129. The fraction of sp³-hybridized carbons (Fsp3) is 0.190. The van der Waals surface area contributed by atoms with Gasteiger partial charge in [-0.2, -0.15) is 0 Å². The molecule has 0 bridgehead atoms. The van der Waals surface area contributed by atoms with Gasteiger partial charge in [-0.05, 0) is 29.2 Å². The third-order valence-corrected chi connectivity index (χ3v) is 6.27. The van der Waals surface area contributed by atoms with Gasteiger partial charge in [-0.1, -0.05) is 18.2 Å². The Hall–Kier alpha value is -4.06. The average molecular weight is 474 g/mol. The molecule has 0 saturated carbocycles. The summed E-state index contributed by atoms with van der Waals surface area (Å²) in [5.74, 6) is 0.349. The highest BCUT2D eigenvalue weighted by atomic mass is 32.2. The fourth-order valence-corrected chi connectivity index (χ4v) is 4.29. The molecule has 2 aromatic heterocycles. The highest BCUT2D eigenvalue weighted by molar-refractivity contribution is 7.91. The van der Waals surface area contributed by atoms with Crippen LogP contribution in [0.5, 0.6) is 17.4 Å². The standard InChI is InChI=1S/C21H18N2O9S/c1-28-17-12-14-8-9-19(24)31-16(14)13-18(17)29-10-5-11-30-20-21(23(25)32-22-20)33(26,27)15-6-3-2-4-7-15/h2-4,6-9,12-13H,5,10-11H2,1H3. The molecule has 0 atom stereocenters. The maximum Gasteiger partial charge on any atom is 0.414 e. The van der Waals surface area contributed by atoms with Crippen LogP contribution in [0.1, 0.15) is 6.42 Å². The van der Waals surface area contributed by atoms with E-state index in [0.29, 0.717) is 28.9 Å². The van der Waals surface area contributed by atoms with Crippen LogP contribution in [-0.2, 0) is 9.84 Å². The first-order valence-corrected chi connectivity index (χ1v) is 11.2. The van der Waals surface area contributed by atoms with E-state index in [2.05, 4.69) is 9.79 Å². The summed E-state index contributed by atoms with van der Waals surface area (Å²) in [6.07, 6.45) is 0.302. The van der Waals surface area contributed by atoms with Crippen molar-refractivity contribution >= 4 is 20.8 Å². The van der Waals surface area contributed by atoms with Crippen molar-refractivity contribution in [2.75, 3.05) is 20.3 Å². The van der Waals surface area contributed by atoms with Gasteiger partial charge in [0.15, 0.2) is 11.5 Å². The van der Waals surface area contributed by atoms with E-state index in [-0.39, 0.29) is 23.0 Å². The van der Waals surface area contributed by atoms with Crippen molar-refractivity contribution in [2.45, 2.75) is 16.3 Å². The lowest BCUT2D eigenvalue weighted by Gasteiger charge is -2.11. The average Bonchev–Trinajstić information content (AvgIpc) is 3.19. The Bertz CT molecular complexity index is 1430. The largest absolute Gasteiger partial charge is 0.493 e. The second kappa shape index (κ2) is 9.20. The lowest BCUT2D eigenvalue weighted by molar-refractivity contribution is -0.832. The number of nitrogens with zero attached hydrogens (tertiary/aromatic N) is 2. The molecule has 0 amide bonds. The van der Waals surface area contributed by atoms with Gasteiger partial charge < -0.3 is 23.8 Å². The number of aromatic nitrogens is 2. The fourth-order valence-electron chi connectivity index (χ4n) is 3.00. The van der Waals surface area contributed by atoms with E-state index in [1.54, 1.807) is 24.3 Å². The molecule has 0 unspecified atom stereocenters. The molecular formula is C21H18N2O9S. The predicted octanol–water partition coefficient (Wildman–Crippen LogP) is 2.10. The zero-order valence-corrected chi connectivity index (χ0v) is 18.1. The zero-order valence-electron chi connectivity index (χ0n) is 17.3. The first kappa shape index (κ1) is 22.1. The molecular weight excluding hydrogens is 456 g/mol. The lowest BCUT2D eigenvalue weighted by atomic mass is 10.2. The minimum atomic E-state index is -4.19. The summed E-state index contributed by atoms with van der Waals surface area (Å²) in [7, 11) is -2.71. The summed E-state index contributed by atoms with van der Waals surface area (Å²) in [5.41, 5.74) is -0.149. The van der Waals surface area contributed by atoms with Gasteiger partial charge >= 0.3 is 16.5 Å². The first-order chi connectivity index (χ1) is 15.9. The first-order valence-electron chi connectivity index (χ1n) is 9.67. The lowest BCUT2D eigenvalue weighted by Crippen LogP contribution is -2.31. The third kappa shape index (κ3) is 4.60.